The molecule has 80 valence electrons. The molecule has 1 aromatic carbocycles. The number of aliphatic hydroxyl groups excluding tert-OH is 2. The summed E-state index contributed by atoms with van der Waals surface area (Å²) in [6.45, 7) is -0.263. The van der Waals surface area contributed by atoms with E-state index in [1.54, 1.807) is 0 Å². The van der Waals surface area contributed by atoms with Crippen molar-refractivity contribution in [2.45, 2.75) is 12.1 Å². The largest absolute Gasteiger partial charge is 0.464 e. The fourth-order valence-electron chi connectivity index (χ4n) is 1.56. The van der Waals surface area contributed by atoms with Crippen LogP contribution in [0.5, 0.6) is 0 Å². The van der Waals surface area contributed by atoms with Gasteiger partial charge in [0.2, 0.25) is 0 Å². The Morgan fingerprint density at radius 2 is 2.07 bits per heavy atom. The zero-order valence-electron chi connectivity index (χ0n) is 8.13. The van der Waals surface area contributed by atoms with Crippen LogP contribution < -0.4 is 5.73 Å². The molecule has 0 aliphatic carbocycles. The predicted molar refractivity (Wildman–Crippen MR) is 56.2 cm³/mol. The highest BCUT2D eigenvalue weighted by Gasteiger charge is 2.20. The van der Waals surface area contributed by atoms with Crippen LogP contribution >= 0.6 is 0 Å². The molecule has 0 bridgehead atoms. The molecule has 0 aliphatic rings. The maximum Gasteiger partial charge on any atom is 0.134 e. The Balaban J connectivity index is 2.43. The standard InChI is InChI=1S/C11H13NO3/c12-9(5-13)11(14)8-6-15-10-4-2-1-3-7(8)10/h1-4,6,9,11,13-14H,5,12H2. The predicted octanol–water partition coefficient (Wildman–Crippen LogP) is 0.786. The second-order valence-corrected chi connectivity index (χ2v) is 3.48. The fourth-order valence-corrected chi connectivity index (χ4v) is 1.56. The number of para-hydroxylation sites is 1. The van der Waals surface area contributed by atoms with E-state index in [2.05, 4.69) is 0 Å². The summed E-state index contributed by atoms with van der Waals surface area (Å²) >= 11 is 0. The molecule has 1 heterocycles. The summed E-state index contributed by atoms with van der Waals surface area (Å²) in [5, 5.41) is 19.5. The van der Waals surface area contributed by atoms with E-state index in [1.165, 1.54) is 6.26 Å². The van der Waals surface area contributed by atoms with Crippen LogP contribution in [0.2, 0.25) is 0 Å². The van der Waals surface area contributed by atoms with Gasteiger partial charge in [0.1, 0.15) is 5.58 Å². The Hall–Kier alpha value is -1.36. The molecule has 15 heavy (non-hydrogen) atoms. The summed E-state index contributed by atoms with van der Waals surface area (Å²) in [7, 11) is 0. The van der Waals surface area contributed by atoms with Crippen molar-refractivity contribution in [2.24, 2.45) is 5.73 Å². The van der Waals surface area contributed by atoms with Gasteiger partial charge in [-0.15, -0.1) is 0 Å². The van der Waals surface area contributed by atoms with E-state index < -0.39 is 12.1 Å². The van der Waals surface area contributed by atoms with Crippen LogP contribution in [0, 0.1) is 0 Å². The lowest BCUT2D eigenvalue weighted by Gasteiger charge is -2.14. The van der Waals surface area contributed by atoms with Crippen LogP contribution in [-0.4, -0.2) is 22.9 Å². The van der Waals surface area contributed by atoms with Crippen LogP contribution in [0.15, 0.2) is 34.9 Å². The van der Waals surface area contributed by atoms with Crippen molar-refractivity contribution in [2.75, 3.05) is 6.61 Å². The van der Waals surface area contributed by atoms with E-state index in [9.17, 15) is 5.11 Å². The minimum absolute atomic E-state index is 0.263. The smallest absolute Gasteiger partial charge is 0.134 e. The number of fused-ring (bicyclic) bond motifs is 1. The SMILES string of the molecule is NC(CO)C(O)c1coc2ccccc12. The lowest BCUT2D eigenvalue weighted by molar-refractivity contribution is 0.110. The molecular weight excluding hydrogens is 194 g/mol. The molecule has 2 atom stereocenters. The minimum atomic E-state index is -0.904. The molecule has 0 radical (unpaired) electrons. The van der Waals surface area contributed by atoms with Gasteiger partial charge in [-0.2, -0.15) is 0 Å². The van der Waals surface area contributed by atoms with Crippen molar-refractivity contribution in [3.63, 3.8) is 0 Å². The van der Waals surface area contributed by atoms with Crippen molar-refractivity contribution in [3.05, 3.63) is 36.1 Å². The maximum atomic E-state index is 9.83. The van der Waals surface area contributed by atoms with Crippen LogP contribution in [-0.2, 0) is 0 Å². The average molecular weight is 207 g/mol. The van der Waals surface area contributed by atoms with Crippen molar-refractivity contribution in [1.82, 2.24) is 0 Å². The Kier molecular flexibility index (Phi) is 2.73. The number of aliphatic hydroxyl groups is 2. The normalized spacial score (nSPS) is 15.4. The van der Waals surface area contributed by atoms with Gasteiger partial charge < -0.3 is 20.4 Å². The second-order valence-electron chi connectivity index (χ2n) is 3.48. The number of rotatable bonds is 3. The molecule has 0 aliphatic heterocycles. The van der Waals surface area contributed by atoms with Gasteiger partial charge in [0.05, 0.1) is 25.0 Å². The van der Waals surface area contributed by atoms with E-state index in [-0.39, 0.29) is 6.61 Å². The molecule has 0 spiro atoms. The molecule has 2 unspecified atom stereocenters. The first kappa shape index (κ1) is 10.2. The summed E-state index contributed by atoms with van der Waals surface area (Å²) in [5.74, 6) is 0. The van der Waals surface area contributed by atoms with Crippen LogP contribution in [0.25, 0.3) is 11.0 Å². The Morgan fingerprint density at radius 3 is 2.80 bits per heavy atom. The maximum absolute atomic E-state index is 9.83. The molecule has 0 fully saturated rings. The molecule has 4 nitrogen and oxygen atoms in total. The first-order valence-corrected chi connectivity index (χ1v) is 4.74. The van der Waals surface area contributed by atoms with Gasteiger partial charge in [0, 0.05) is 10.9 Å². The zero-order chi connectivity index (χ0) is 10.8. The van der Waals surface area contributed by atoms with E-state index in [4.69, 9.17) is 15.3 Å². The highest BCUT2D eigenvalue weighted by atomic mass is 16.3. The monoisotopic (exact) mass is 207 g/mol. The third kappa shape index (κ3) is 1.74. The van der Waals surface area contributed by atoms with E-state index in [0.29, 0.717) is 11.1 Å². The molecule has 0 amide bonds. The average Bonchev–Trinajstić information content (AvgIpc) is 2.70. The third-order valence-electron chi connectivity index (χ3n) is 2.45. The first-order valence-electron chi connectivity index (χ1n) is 4.74. The number of furan rings is 1. The molecule has 2 rings (SSSR count). The topological polar surface area (TPSA) is 79.6 Å². The van der Waals surface area contributed by atoms with Gasteiger partial charge in [-0.3, -0.25) is 0 Å². The molecule has 2 aromatic rings. The Bertz CT molecular complexity index is 452. The number of hydrogen-bond donors (Lipinski definition) is 3. The third-order valence-corrected chi connectivity index (χ3v) is 2.45. The minimum Gasteiger partial charge on any atom is -0.464 e. The quantitative estimate of drug-likeness (QED) is 0.695. The van der Waals surface area contributed by atoms with Crippen LogP contribution in [0.4, 0.5) is 0 Å². The van der Waals surface area contributed by atoms with Crippen LogP contribution in [0.3, 0.4) is 0 Å². The summed E-state index contributed by atoms with van der Waals surface area (Å²) in [4.78, 5) is 0. The molecule has 1 aromatic heterocycles. The highest BCUT2D eigenvalue weighted by Crippen LogP contribution is 2.27. The summed E-state index contributed by atoms with van der Waals surface area (Å²) in [6, 6.07) is 6.69. The van der Waals surface area contributed by atoms with Gasteiger partial charge in [-0.1, -0.05) is 18.2 Å². The number of benzene rings is 1. The number of hydrogen-bond acceptors (Lipinski definition) is 4. The van der Waals surface area contributed by atoms with E-state index >= 15 is 0 Å². The molecule has 0 saturated carbocycles. The van der Waals surface area contributed by atoms with Gasteiger partial charge in [0.15, 0.2) is 0 Å². The zero-order valence-corrected chi connectivity index (χ0v) is 8.13. The number of nitrogens with two attached hydrogens (primary N) is 1. The fraction of sp³-hybridized carbons (Fsp3) is 0.273. The van der Waals surface area contributed by atoms with Gasteiger partial charge in [-0.05, 0) is 6.07 Å². The molecular formula is C11H13NO3. The molecule has 4 heteroatoms. The van der Waals surface area contributed by atoms with Crippen molar-refractivity contribution in [3.8, 4) is 0 Å². The lowest BCUT2D eigenvalue weighted by atomic mass is 10.0. The second kappa shape index (κ2) is 4.02. The van der Waals surface area contributed by atoms with Crippen molar-refractivity contribution >= 4 is 11.0 Å². The van der Waals surface area contributed by atoms with Gasteiger partial charge >= 0.3 is 0 Å². The molecule has 4 N–H and O–H groups in total. The Morgan fingerprint density at radius 1 is 1.33 bits per heavy atom. The van der Waals surface area contributed by atoms with Crippen molar-refractivity contribution < 1.29 is 14.6 Å². The van der Waals surface area contributed by atoms with Gasteiger partial charge in [0.25, 0.3) is 0 Å². The van der Waals surface area contributed by atoms with Gasteiger partial charge in [-0.25, -0.2) is 0 Å². The first-order chi connectivity index (χ1) is 7.24. The molecule has 0 saturated heterocycles. The summed E-state index contributed by atoms with van der Waals surface area (Å²) < 4.78 is 5.27. The van der Waals surface area contributed by atoms with Crippen LogP contribution in [0.1, 0.15) is 11.7 Å². The Labute approximate surface area is 86.9 Å². The summed E-state index contributed by atoms with van der Waals surface area (Å²) in [5.41, 5.74) is 6.88. The van der Waals surface area contributed by atoms with E-state index in [1.807, 2.05) is 24.3 Å². The van der Waals surface area contributed by atoms with E-state index in [0.717, 1.165) is 5.39 Å². The van der Waals surface area contributed by atoms with Crippen molar-refractivity contribution in [1.29, 1.82) is 0 Å². The lowest BCUT2D eigenvalue weighted by Crippen LogP contribution is -2.31. The summed E-state index contributed by atoms with van der Waals surface area (Å²) in [6.07, 6.45) is 0.573. The highest BCUT2D eigenvalue weighted by molar-refractivity contribution is 5.81.